The number of carboxylic acid groups (broad SMARTS) is 1. The van der Waals surface area contributed by atoms with Gasteiger partial charge in [0.05, 0.1) is 16.6 Å². The molecular formula is C14H18N4O3. The Morgan fingerprint density at radius 2 is 1.95 bits per heavy atom. The lowest BCUT2D eigenvalue weighted by molar-refractivity contribution is -0.143. The Bertz CT molecular complexity index is 746. The highest BCUT2D eigenvalue weighted by Crippen LogP contribution is 2.22. The van der Waals surface area contributed by atoms with Gasteiger partial charge in [0.25, 0.3) is 5.91 Å². The lowest BCUT2D eigenvalue weighted by Crippen LogP contribution is -2.49. The highest BCUT2D eigenvalue weighted by atomic mass is 16.4. The fourth-order valence-electron chi connectivity index (χ4n) is 2.15. The number of carbonyl (C=O) groups excluding carboxylic acids is 1. The van der Waals surface area contributed by atoms with Crippen LogP contribution in [0.1, 0.15) is 35.6 Å². The van der Waals surface area contributed by atoms with Crippen LogP contribution in [0.3, 0.4) is 0 Å². The highest BCUT2D eigenvalue weighted by Gasteiger charge is 2.30. The number of rotatable bonds is 3. The van der Waals surface area contributed by atoms with Crippen molar-refractivity contribution in [2.75, 3.05) is 0 Å². The van der Waals surface area contributed by atoms with E-state index in [2.05, 4.69) is 15.4 Å². The summed E-state index contributed by atoms with van der Waals surface area (Å²) in [5, 5.41) is 16.5. The highest BCUT2D eigenvalue weighted by molar-refractivity contribution is 6.07. The molecule has 1 amide bonds. The van der Waals surface area contributed by atoms with Crippen molar-refractivity contribution in [3.63, 3.8) is 0 Å². The quantitative estimate of drug-likeness (QED) is 0.884. The number of hydrogen-bond donors (Lipinski definition) is 2. The maximum Gasteiger partial charge on any atom is 0.328 e. The topological polar surface area (TPSA) is 97.1 Å². The second-order valence-electron chi connectivity index (χ2n) is 5.60. The molecule has 0 bridgehead atoms. The van der Waals surface area contributed by atoms with Gasteiger partial charge in [0.15, 0.2) is 5.65 Å². The lowest BCUT2D eigenvalue weighted by Gasteiger charge is -2.21. The molecule has 0 aromatic carbocycles. The Labute approximate surface area is 122 Å². The van der Waals surface area contributed by atoms with Gasteiger partial charge >= 0.3 is 5.97 Å². The van der Waals surface area contributed by atoms with Gasteiger partial charge in [-0.2, -0.15) is 5.10 Å². The number of nitrogens with one attached hydrogen (secondary N) is 1. The Hall–Kier alpha value is -2.44. The van der Waals surface area contributed by atoms with Crippen molar-refractivity contribution >= 4 is 22.9 Å². The van der Waals surface area contributed by atoms with Crippen LogP contribution >= 0.6 is 0 Å². The van der Waals surface area contributed by atoms with Crippen LogP contribution in [-0.2, 0) is 11.8 Å². The fourth-order valence-corrected chi connectivity index (χ4v) is 2.15. The maximum absolute atomic E-state index is 12.5. The van der Waals surface area contributed by atoms with Crippen molar-refractivity contribution in [3.05, 3.63) is 23.0 Å². The second kappa shape index (κ2) is 4.83. The van der Waals surface area contributed by atoms with Crippen LogP contribution in [0.4, 0.5) is 0 Å². The SMILES string of the molecule is Cc1cc(C(=O)NC(C)(C)C(=O)O)c2c(C)nn(C)c2n1. The number of fused-ring (bicyclic) bond motifs is 1. The van der Waals surface area contributed by atoms with E-state index in [0.29, 0.717) is 28.0 Å². The molecule has 7 nitrogen and oxygen atoms in total. The first-order chi connectivity index (χ1) is 9.63. The number of carboxylic acids is 1. The van der Waals surface area contributed by atoms with E-state index < -0.39 is 17.4 Å². The third-order valence-electron chi connectivity index (χ3n) is 3.30. The zero-order valence-electron chi connectivity index (χ0n) is 12.7. The molecule has 2 aromatic heterocycles. The predicted molar refractivity (Wildman–Crippen MR) is 77.2 cm³/mol. The van der Waals surface area contributed by atoms with Crippen molar-refractivity contribution in [1.82, 2.24) is 20.1 Å². The minimum Gasteiger partial charge on any atom is -0.480 e. The van der Waals surface area contributed by atoms with Crippen molar-refractivity contribution in [2.24, 2.45) is 7.05 Å². The molecule has 7 heteroatoms. The molecule has 0 aliphatic rings. The molecule has 2 rings (SSSR count). The number of aryl methyl sites for hydroxylation is 3. The molecule has 0 atom stereocenters. The van der Waals surface area contributed by atoms with Crippen molar-refractivity contribution in [1.29, 1.82) is 0 Å². The monoisotopic (exact) mass is 290 g/mol. The van der Waals surface area contributed by atoms with Gasteiger partial charge in [0.2, 0.25) is 0 Å². The van der Waals surface area contributed by atoms with Gasteiger partial charge < -0.3 is 10.4 Å². The van der Waals surface area contributed by atoms with Crippen molar-refractivity contribution in [2.45, 2.75) is 33.2 Å². The first-order valence-electron chi connectivity index (χ1n) is 6.50. The average molecular weight is 290 g/mol. The predicted octanol–water partition coefficient (Wildman–Crippen LogP) is 1.18. The minimum absolute atomic E-state index is 0.387. The Morgan fingerprint density at radius 1 is 1.33 bits per heavy atom. The van der Waals surface area contributed by atoms with Crippen LogP contribution in [0, 0.1) is 13.8 Å². The molecule has 0 spiro atoms. The van der Waals surface area contributed by atoms with Crippen molar-refractivity contribution in [3.8, 4) is 0 Å². The van der Waals surface area contributed by atoms with Gasteiger partial charge in [-0.15, -0.1) is 0 Å². The molecule has 112 valence electrons. The van der Waals surface area contributed by atoms with Crippen LogP contribution in [0.15, 0.2) is 6.07 Å². The average Bonchev–Trinajstić information content (AvgIpc) is 2.63. The van der Waals surface area contributed by atoms with Gasteiger partial charge in [-0.25, -0.2) is 9.78 Å². The largest absolute Gasteiger partial charge is 0.480 e. The maximum atomic E-state index is 12.5. The normalized spacial score (nSPS) is 11.7. The molecule has 0 saturated heterocycles. The second-order valence-corrected chi connectivity index (χ2v) is 5.60. The lowest BCUT2D eigenvalue weighted by atomic mass is 10.0. The molecule has 0 unspecified atom stereocenters. The Morgan fingerprint density at radius 3 is 2.52 bits per heavy atom. The van der Waals surface area contributed by atoms with Crippen LogP contribution in [0.25, 0.3) is 11.0 Å². The molecule has 0 radical (unpaired) electrons. The van der Waals surface area contributed by atoms with Crippen LogP contribution < -0.4 is 5.32 Å². The van der Waals surface area contributed by atoms with Gasteiger partial charge in [0.1, 0.15) is 5.54 Å². The summed E-state index contributed by atoms with van der Waals surface area (Å²) < 4.78 is 1.61. The molecule has 21 heavy (non-hydrogen) atoms. The van der Waals surface area contributed by atoms with Crippen molar-refractivity contribution < 1.29 is 14.7 Å². The van der Waals surface area contributed by atoms with E-state index in [-0.39, 0.29) is 0 Å². The fraction of sp³-hybridized carbons (Fsp3) is 0.429. The van der Waals surface area contributed by atoms with Gasteiger partial charge in [-0.05, 0) is 33.8 Å². The number of hydrogen-bond acceptors (Lipinski definition) is 4. The van der Waals surface area contributed by atoms with Gasteiger partial charge in [0, 0.05) is 12.7 Å². The molecule has 0 saturated carbocycles. The van der Waals surface area contributed by atoms with E-state index in [4.69, 9.17) is 5.11 Å². The van der Waals surface area contributed by atoms with Gasteiger partial charge in [-0.3, -0.25) is 9.48 Å². The summed E-state index contributed by atoms with van der Waals surface area (Å²) in [6, 6.07) is 1.64. The third-order valence-corrected chi connectivity index (χ3v) is 3.30. The Balaban J connectivity index is 2.56. The van der Waals surface area contributed by atoms with E-state index in [9.17, 15) is 9.59 Å². The van der Waals surface area contributed by atoms with E-state index in [0.717, 1.165) is 0 Å². The first-order valence-corrected chi connectivity index (χ1v) is 6.50. The molecule has 2 aromatic rings. The van der Waals surface area contributed by atoms with E-state index in [1.807, 2.05) is 0 Å². The molecule has 0 aliphatic heterocycles. The number of pyridine rings is 1. The summed E-state index contributed by atoms with van der Waals surface area (Å²) in [4.78, 5) is 28.0. The summed E-state index contributed by atoms with van der Waals surface area (Å²) in [6.45, 7) is 6.45. The molecule has 2 N–H and O–H groups in total. The zero-order valence-corrected chi connectivity index (χ0v) is 12.7. The number of aliphatic carboxylic acids is 1. The van der Waals surface area contributed by atoms with Gasteiger partial charge in [-0.1, -0.05) is 0 Å². The standard InChI is InChI=1S/C14H18N4O3/c1-7-6-9(12(19)16-14(3,4)13(20)21)10-8(2)17-18(5)11(10)15-7/h6H,1-5H3,(H,16,19)(H,20,21). The minimum atomic E-state index is -1.35. The molecule has 2 heterocycles. The Kier molecular flexibility index (Phi) is 3.44. The summed E-state index contributed by atoms with van der Waals surface area (Å²) in [5.41, 5.74) is 0.988. The summed E-state index contributed by atoms with van der Waals surface area (Å²) in [6.07, 6.45) is 0. The number of carbonyl (C=O) groups is 2. The van der Waals surface area contributed by atoms with Crippen LogP contribution in [0.2, 0.25) is 0 Å². The smallest absolute Gasteiger partial charge is 0.328 e. The summed E-state index contributed by atoms with van der Waals surface area (Å²) in [7, 11) is 1.75. The zero-order chi connectivity index (χ0) is 15.9. The number of nitrogens with zero attached hydrogens (tertiary/aromatic N) is 3. The van der Waals surface area contributed by atoms with Crippen LogP contribution in [0.5, 0.6) is 0 Å². The summed E-state index contributed by atoms with van der Waals surface area (Å²) >= 11 is 0. The molecule has 0 fully saturated rings. The molecule has 0 aliphatic carbocycles. The number of aromatic nitrogens is 3. The first kappa shape index (κ1) is 15.0. The van der Waals surface area contributed by atoms with E-state index >= 15 is 0 Å². The van der Waals surface area contributed by atoms with E-state index in [1.54, 1.807) is 31.6 Å². The van der Waals surface area contributed by atoms with E-state index in [1.165, 1.54) is 13.8 Å². The third kappa shape index (κ3) is 2.58. The van der Waals surface area contributed by atoms with Crippen LogP contribution in [-0.4, -0.2) is 37.3 Å². The molecular weight excluding hydrogens is 272 g/mol. The number of amides is 1. The summed E-state index contributed by atoms with van der Waals surface area (Å²) in [5.74, 6) is -1.55.